The Bertz CT molecular complexity index is 485. The number of piperazine rings is 1. The van der Waals surface area contributed by atoms with E-state index in [1.165, 1.54) is 5.56 Å². The summed E-state index contributed by atoms with van der Waals surface area (Å²) in [6.07, 6.45) is 0. The average Bonchev–Trinajstić information content (AvgIpc) is 2.38. The van der Waals surface area contributed by atoms with Crippen molar-refractivity contribution in [2.75, 3.05) is 26.3 Å². The summed E-state index contributed by atoms with van der Waals surface area (Å²) in [4.78, 5) is 2.49. The highest BCUT2D eigenvalue weighted by atomic mass is 79.9. The molecule has 2 unspecified atom stereocenters. The van der Waals surface area contributed by atoms with Crippen LogP contribution in [0.4, 0.5) is 0 Å². The first kappa shape index (κ1) is 14.2. The van der Waals surface area contributed by atoms with E-state index in [0.29, 0.717) is 25.3 Å². The number of rotatable bonds is 2. The Morgan fingerprint density at radius 1 is 1.15 bits per heavy atom. The molecule has 0 aliphatic carbocycles. The van der Waals surface area contributed by atoms with Crippen LogP contribution >= 0.6 is 15.9 Å². The van der Waals surface area contributed by atoms with Crippen molar-refractivity contribution >= 4 is 15.9 Å². The van der Waals surface area contributed by atoms with Crippen LogP contribution in [0, 0.1) is 0 Å². The standard InChI is InChI=1S/C15H21BrN2O2/c1-10-7-18(8-11(2)17-10)9-12-5-14-15(6-13(12)16)20-4-3-19-14/h5-6,10-11,17H,3-4,7-9H2,1-2H3. The number of halogens is 1. The van der Waals surface area contributed by atoms with Gasteiger partial charge in [-0.3, -0.25) is 4.90 Å². The maximum Gasteiger partial charge on any atom is 0.162 e. The number of fused-ring (bicyclic) bond motifs is 1. The van der Waals surface area contributed by atoms with Gasteiger partial charge in [-0.25, -0.2) is 0 Å². The number of hydrogen-bond acceptors (Lipinski definition) is 4. The van der Waals surface area contributed by atoms with E-state index >= 15 is 0 Å². The third-order valence-corrected chi connectivity index (χ3v) is 4.48. The van der Waals surface area contributed by atoms with Gasteiger partial charge in [0.2, 0.25) is 0 Å². The lowest BCUT2D eigenvalue weighted by Gasteiger charge is -2.36. The highest BCUT2D eigenvalue weighted by molar-refractivity contribution is 9.10. The molecule has 0 radical (unpaired) electrons. The van der Waals surface area contributed by atoms with Crippen LogP contribution in [0.25, 0.3) is 0 Å². The van der Waals surface area contributed by atoms with Gasteiger partial charge in [0.1, 0.15) is 13.2 Å². The van der Waals surface area contributed by atoms with Gasteiger partial charge < -0.3 is 14.8 Å². The summed E-state index contributed by atoms with van der Waals surface area (Å²) in [5, 5.41) is 3.56. The first-order valence-electron chi connectivity index (χ1n) is 7.18. The minimum atomic E-state index is 0.537. The van der Waals surface area contributed by atoms with Crippen molar-refractivity contribution in [2.24, 2.45) is 0 Å². The van der Waals surface area contributed by atoms with Crippen molar-refractivity contribution in [2.45, 2.75) is 32.5 Å². The molecule has 1 N–H and O–H groups in total. The molecule has 0 amide bonds. The minimum absolute atomic E-state index is 0.537. The van der Waals surface area contributed by atoms with E-state index in [-0.39, 0.29) is 0 Å². The lowest BCUT2D eigenvalue weighted by Crippen LogP contribution is -2.53. The molecule has 4 nitrogen and oxygen atoms in total. The van der Waals surface area contributed by atoms with Crippen molar-refractivity contribution < 1.29 is 9.47 Å². The van der Waals surface area contributed by atoms with Gasteiger partial charge in [0.15, 0.2) is 11.5 Å². The average molecular weight is 341 g/mol. The first-order chi connectivity index (χ1) is 9.61. The van der Waals surface area contributed by atoms with Gasteiger partial charge in [0, 0.05) is 36.2 Å². The highest BCUT2D eigenvalue weighted by Gasteiger charge is 2.22. The molecule has 0 spiro atoms. The van der Waals surface area contributed by atoms with Crippen LogP contribution < -0.4 is 14.8 Å². The molecule has 1 aromatic rings. The summed E-state index contributed by atoms with van der Waals surface area (Å²) in [6, 6.07) is 5.21. The normalized spacial score (nSPS) is 26.6. The fourth-order valence-corrected chi connectivity index (χ4v) is 3.49. The van der Waals surface area contributed by atoms with Crippen LogP contribution in [0.2, 0.25) is 0 Å². The zero-order valence-corrected chi connectivity index (χ0v) is 13.6. The van der Waals surface area contributed by atoms with Gasteiger partial charge in [0.25, 0.3) is 0 Å². The zero-order valence-electron chi connectivity index (χ0n) is 12.0. The van der Waals surface area contributed by atoms with Crippen LogP contribution in [0.5, 0.6) is 11.5 Å². The number of nitrogens with zero attached hydrogens (tertiary/aromatic N) is 1. The molecule has 2 atom stereocenters. The van der Waals surface area contributed by atoms with E-state index < -0.39 is 0 Å². The molecular formula is C15H21BrN2O2. The van der Waals surface area contributed by atoms with E-state index in [2.05, 4.69) is 46.1 Å². The van der Waals surface area contributed by atoms with Crippen LogP contribution in [0.3, 0.4) is 0 Å². The second kappa shape index (κ2) is 5.92. The Kier molecular flexibility index (Phi) is 4.19. The largest absolute Gasteiger partial charge is 0.486 e. The lowest BCUT2D eigenvalue weighted by molar-refractivity contribution is 0.162. The van der Waals surface area contributed by atoms with Crippen LogP contribution in [-0.4, -0.2) is 43.3 Å². The summed E-state index contributed by atoms with van der Waals surface area (Å²) >= 11 is 3.65. The maximum absolute atomic E-state index is 5.67. The topological polar surface area (TPSA) is 33.7 Å². The number of ether oxygens (including phenoxy) is 2. The second-order valence-corrected chi connectivity index (χ2v) is 6.60. The Balaban J connectivity index is 1.76. The Labute approximate surface area is 128 Å². The fraction of sp³-hybridized carbons (Fsp3) is 0.600. The van der Waals surface area contributed by atoms with Crippen LogP contribution in [0.1, 0.15) is 19.4 Å². The van der Waals surface area contributed by atoms with Crippen LogP contribution in [0.15, 0.2) is 16.6 Å². The van der Waals surface area contributed by atoms with Crippen molar-refractivity contribution in [3.63, 3.8) is 0 Å². The molecule has 1 saturated heterocycles. The quantitative estimate of drug-likeness (QED) is 0.896. The third kappa shape index (κ3) is 3.10. The van der Waals surface area contributed by atoms with Gasteiger partial charge in [0.05, 0.1) is 0 Å². The molecule has 0 bridgehead atoms. The Morgan fingerprint density at radius 2 is 1.75 bits per heavy atom. The molecule has 20 heavy (non-hydrogen) atoms. The molecule has 1 fully saturated rings. The molecule has 0 aromatic heterocycles. The SMILES string of the molecule is CC1CN(Cc2cc3c(cc2Br)OCCO3)CC(C)N1. The first-order valence-corrected chi connectivity index (χ1v) is 7.97. The summed E-state index contributed by atoms with van der Waals surface area (Å²) in [6.45, 7) is 8.83. The molecule has 2 heterocycles. The van der Waals surface area contributed by atoms with Crippen LogP contribution in [-0.2, 0) is 6.54 Å². The minimum Gasteiger partial charge on any atom is -0.486 e. The summed E-state index contributed by atoms with van der Waals surface area (Å²) in [7, 11) is 0. The predicted octanol–water partition coefficient (Wildman–Crippen LogP) is 2.40. The molecule has 0 saturated carbocycles. The van der Waals surface area contributed by atoms with Crippen molar-refractivity contribution in [1.82, 2.24) is 10.2 Å². The molecular weight excluding hydrogens is 320 g/mol. The van der Waals surface area contributed by atoms with Gasteiger partial charge in [-0.2, -0.15) is 0 Å². The Hall–Kier alpha value is -0.780. The summed E-state index contributed by atoms with van der Waals surface area (Å²) in [5.74, 6) is 1.71. The van der Waals surface area contributed by atoms with E-state index in [0.717, 1.165) is 35.6 Å². The Morgan fingerprint density at radius 3 is 2.40 bits per heavy atom. The highest BCUT2D eigenvalue weighted by Crippen LogP contribution is 2.36. The number of benzene rings is 1. The van der Waals surface area contributed by atoms with Gasteiger partial charge >= 0.3 is 0 Å². The van der Waals surface area contributed by atoms with Crippen molar-refractivity contribution in [3.05, 3.63) is 22.2 Å². The fourth-order valence-electron chi connectivity index (χ4n) is 3.04. The second-order valence-electron chi connectivity index (χ2n) is 5.75. The van der Waals surface area contributed by atoms with E-state index in [1.807, 2.05) is 6.07 Å². The monoisotopic (exact) mass is 340 g/mol. The van der Waals surface area contributed by atoms with Gasteiger partial charge in [-0.05, 0) is 31.5 Å². The molecule has 110 valence electrons. The smallest absolute Gasteiger partial charge is 0.162 e. The van der Waals surface area contributed by atoms with Crippen molar-refractivity contribution in [3.8, 4) is 11.5 Å². The van der Waals surface area contributed by atoms with Gasteiger partial charge in [-0.1, -0.05) is 15.9 Å². The lowest BCUT2D eigenvalue weighted by atomic mass is 10.1. The van der Waals surface area contributed by atoms with E-state index in [1.54, 1.807) is 0 Å². The maximum atomic E-state index is 5.67. The number of hydrogen-bond donors (Lipinski definition) is 1. The number of nitrogens with one attached hydrogen (secondary N) is 1. The van der Waals surface area contributed by atoms with E-state index in [4.69, 9.17) is 9.47 Å². The zero-order chi connectivity index (χ0) is 14.1. The van der Waals surface area contributed by atoms with Gasteiger partial charge in [-0.15, -0.1) is 0 Å². The summed E-state index contributed by atoms with van der Waals surface area (Å²) < 4.78 is 12.4. The summed E-state index contributed by atoms with van der Waals surface area (Å²) in [5.41, 5.74) is 1.26. The molecule has 3 rings (SSSR count). The predicted molar refractivity (Wildman–Crippen MR) is 82.5 cm³/mol. The molecule has 2 aliphatic rings. The van der Waals surface area contributed by atoms with E-state index in [9.17, 15) is 0 Å². The van der Waals surface area contributed by atoms with Crippen molar-refractivity contribution in [1.29, 1.82) is 0 Å². The third-order valence-electron chi connectivity index (χ3n) is 3.74. The molecule has 5 heteroatoms. The molecule has 2 aliphatic heterocycles. The molecule has 1 aromatic carbocycles.